The van der Waals surface area contributed by atoms with E-state index in [0.29, 0.717) is 24.5 Å². The van der Waals surface area contributed by atoms with Crippen LogP contribution in [-0.4, -0.2) is 36.5 Å². The second-order valence-corrected chi connectivity index (χ2v) is 8.24. The van der Waals surface area contributed by atoms with Crippen LogP contribution in [0.3, 0.4) is 0 Å². The van der Waals surface area contributed by atoms with Gasteiger partial charge in [-0.3, -0.25) is 14.9 Å². The van der Waals surface area contributed by atoms with Crippen molar-refractivity contribution in [1.82, 2.24) is 4.90 Å². The Bertz CT molecular complexity index is 1100. The standard InChI is InChI=1S/C23H22N2O5S/c1-29-19-13-16-9-10-24(22(26)12-15-5-7-17(8-6-15)25(27)28)23(21-4-3-11-31-21)18(16)14-20(19)30-2/h3-8,11,13-14,23H,9-10,12H2,1-2H3. The number of benzene rings is 2. The summed E-state index contributed by atoms with van der Waals surface area (Å²) < 4.78 is 11.0. The molecule has 2 aromatic carbocycles. The first-order valence-corrected chi connectivity index (χ1v) is 10.7. The molecule has 0 saturated heterocycles. The number of methoxy groups -OCH3 is 2. The smallest absolute Gasteiger partial charge is 0.269 e. The summed E-state index contributed by atoms with van der Waals surface area (Å²) in [6, 6.07) is 13.9. The van der Waals surface area contributed by atoms with Gasteiger partial charge in [-0.05, 0) is 46.7 Å². The Kier molecular flexibility index (Phi) is 5.90. The van der Waals surface area contributed by atoms with Crippen molar-refractivity contribution in [3.63, 3.8) is 0 Å². The summed E-state index contributed by atoms with van der Waals surface area (Å²) in [5.74, 6) is 1.29. The highest BCUT2D eigenvalue weighted by Gasteiger charge is 2.33. The maximum absolute atomic E-state index is 13.3. The van der Waals surface area contributed by atoms with Gasteiger partial charge in [0, 0.05) is 23.6 Å². The fourth-order valence-electron chi connectivity index (χ4n) is 3.98. The predicted octanol–water partition coefficient (Wildman–Crippen LogP) is 4.39. The Morgan fingerprint density at radius 1 is 1.16 bits per heavy atom. The second kappa shape index (κ2) is 8.77. The van der Waals surface area contributed by atoms with Gasteiger partial charge in [-0.2, -0.15) is 0 Å². The molecule has 1 aliphatic rings. The Balaban J connectivity index is 1.67. The molecule has 8 heteroatoms. The number of thiophene rings is 1. The number of hydrogen-bond donors (Lipinski definition) is 0. The largest absolute Gasteiger partial charge is 0.493 e. The highest BCUT2D eigenvalue weighted by atomic mass is 32.1. The molecule has 1 amide bonds. The molecule has 0 N–H and O–H groups in total. The molecule has 0 saturated carbocycles. The number of rotatable bonds is 6. The Labute approximate surface area is 184 Å². The van der Waals surface area contributed by atoms with Gasteiger partial charge in [-0.15, -0.1) is 11.3 Å². The second-order valence-electron chi connectivity index (χ2n) is 7.26. The van der Waals surface area contributed by atoms with Crippen LogP contribution in [0, 0.1) is 10.1 Å². The maximum Gasteiger partial charge on any atom is 0.269 e. The molecule has 0 spiro atoms. The lowest BCUT2D eigenvalue weighted by molar-refractivity contribution is -0.384. The van der Waals surface area contributed by atoms with Gasteiger partial charge in [-0.25, -0.2) is 0 Å². The van der Waals surface area contributed by atoms with Crippen molar-refractivity contribution in [3.8, 4) is 11.5 Å². The summed E-state index contributed by atoms with van der Waals surface area (Å²) in [4.78, 5) is 26.7. The van der Waals surface area contributed by atoms with E-state index in [-0.39, 0.29) is 24.1 Å². The number of fused-ring (bicyclic) bond motifs is 1. The predicted molar refractivity (Wildman–Crippen MR) is 118 cm³/mol. The van der Waals surface area contributed by atoms with E-state index < -0.39 is 4.92 Å². The van der Waals surface area contributed by atoms with E-state index in [2.05, 4.69) is 0 Å². The third-order valence-corrected chi connectivity index (χ3v) is 6.43. The van der Waals surface area contributed by atoms with E-state index in [1.165, 1.54) is 12.1 Å². The Morgan fingerprint density at radius 3 is 2.48 bits per heavy atom. The summed E-state index contributed by atoms with van der Waals surface area (Å²) in [5.41, 5.74) is 2.93. The van der Waals surface area contributed by atoms with Crippen molar-refractivity contribution in [1.29, 1.82) is 0 Å². The number of hydrogen-bond acceptors (Lipinski definition) is 6. The average Bonchev–Trinajstić information content (AvgIpc) is 3.32. The average molecular weight is 439 g/mol. The number of nitrogens with zero attached hydrogens (tertiary/aromatic N) is 2. The van der Waals surface area contributed by atoms with Crippen molar-refractivity contribution < 1.29 is 19.2 Å². The first-order chi connectivity index (χ1) is 15.0. The minimum Gasteiger partial charge on any atom is -0.493 e. The highest BCUT2D eigenvalue weighted by molar-refractivity contribution is 7.10. The molecule has 3 aromatic rings. The number of non-ortho nitro benzene ring substituents is 1. The molecule has 160 valence electrons. The molecule has 1 atom stereocenters. The zero-order chi connectivity index (χ0) is 22.0. The number of carbonyl (C=O) groups excluding carboxylic acids is 1. The molecule has 7 nitrogen and oxygen atoms in total. The van der Waals surface area contributed by atoms with Crippen LogP contribution in [0.4, 0.5) is 5.69 Å². The Hall–Kier alpha value is -3.39. The SMILES string of the molecule is COc1cc2c(cc1OC)C(c1cccs1)N(C(=O)Cc1ccc([N+](=O)[O-])cc1)CC2. The van der Waals surface area contributed by atoms with E-state index >= 15 is 0 Å². The molecule has 0 bridgehead atoms. The van der Waals surface area contributed by atoms with Crippen LogP contribution in [0.2, 0.25) is 0 Å². The molecule has 31 heavy (non-hydrogen) atoms. The highest BCUT2D eigenvalue weighted by Crippen LogP contribution is 2.42. The molecule has 2 heterocycles. The van der Waals surface area contributed by atoms with Crippen molar-refractivity contribution in [3.05, 3.63) is 85.6 Å². The van der Waals surface area contributed by atoms with Crippen LogP contribution in [0.15, 0.2) is 53.9 Å². The number of ether oxygens (including phenoxy) is 2. The third kappa shape index (κ3) is 4.11. The summed E-state index contributed by atoms with van der Waals surface area (Å²) in [6.07, 6.45) is 0.895. The van der Waals surface area contributed by atoms with E-state index in [9.17, 15) is 14.9 Å². The minimum atomic E-state index is -0.443. The van der Waals surface area contributed by atoms with Crippen molar-refractivity contribution >= 4 is 22.9 Å². The molecular formula is C23H22N2O5S. The molecule has 0 radical (unpaired) electrons. The van der Waals surface area contributed by atoms with Crippen LogP contribution in [-0.2, 0) is 17.6 Å². The Morgan fingerprint density at radius 2 is 1.87 bits per heavy atom. The number of carbonyl (C=O) groups is 1. The van der Waals surface area contributed by atoms with E-state index in [1.54, 1.807) is 37.7 Å². The molecule has 4 rings (SSSR count). The van der Waals surface area contributed by atoms with Crippen LogP contribution in [0.25, 0.3) is 0 Å². The van der Waals surface area contributed by atoms with Gasteiger partial charge >= 0.3 is 0 Å². The summed E-state index contributed by atoms with van der Waals surface area (Å²) in [7, 11) is 3.22. The van der Waals surface area contributed by atoms with Crippen molar-refractivity contribution in [2.45, 2.75) is 18.9 Å². The summed E-state index contributed by atoms with van der Waals surface area (Å²) in [6.45, 7) is 0.580. The van der Waals surface area contributed by atoms with E-state index in [4.69, 9.17) is 9.47 Å². The van der Waals surface area contributed by atoms with Crippen LogP contribution >= 0.6 is 11.3 Å². The first kappa shape index (κ1) is 20.9. The van der Waals surface area contributed by atoms with Gasteiger partial charge in [0.1, 0.15) is 0 Å². The molecule has 1 aliphatic heterocycles. The molecule has 1 unspecified atom stereocenters. The molecule has 0 aliphatic carbocycles. The van der Waals surface area contributed by atoms with Gasteiger partial charge in [0.05, 0.1) is 31.6 Å². The van der Waals surface area contributed by atoms with Crippen molar-refractivity contribution in [2.24, 2.45) is 0 Å². The molecular weight excluding hydrogens is 416 g/mol. The monoisotopic (exact) mass is 438 g/mol. The van der Waals surface area contributed by atoms with Gasteiger partial charge in [0.2, 0.25) is 5.91 Å². The van der Waals surface area contributed by atoms with Gasteiger partial charge in [0.25, 0.3) is 5.69 Å². The minimum absolute atomic E-state index is 0.0144. The number of nitro groups is 1. The normalized spacial score (nSPS) is 15.3. The lowest BCUT2D eigenvalue weighted by Crippen LogP contribution is -2.41. The van der Waals surface area contributed by atoms with Gasteiger partial charge in [-0.1, -0.05) is 18.2 Å². The zero-order valence-corrected chi connectivity index (χ0v) is 18.1. The topological polar surface area (TPSA) is 81.9 Å². The maximum atomic E-state index is 13.3. The summed E-state index contributed by atoms with van der Waals surface area (Å²) >= 11 is 1.61. The van der Waals surface area contributed by atoms with Crippen LogP contribution in [0.5, 0.6) is 11.5 Å². The first-order valence-electron chi connectivity index (χ1n) is 9.82. The van der Waals surface area contributed by atoms with E-state index in [1.807, 2.05) is 34.5 Å². The third-order valence-electron chi connectivity index (χ3n) is 5.51. The summed E-state index contributed by atoms with van der Waals surface area (Å²) in [5, 5.41) is 12.9. The molecule has 0 fully saturated rings. The number of nitro benzene ring substituents is 1. The zero-order valence-electron chi connectivity index (χ0n) is 17.2. The quantitative estimate of drug-likeness (QED) is 0.421. The lowest BCUT2D eigenvalue weighted by Gasteiger charge is -2.37. The van der Waals surface area contributed by atoms with Gasteiger partial charge < -0.3 is 14.4 Å². The number of amides is 1. The lowest BCUT2D eigenvalue weighted by atomic mass is 9.90. The van der Waals surface area contributed by atoms with Crippen molar-refractivity contribution in [2.75, 3.05) is 20.8 Å². The fraction of sp³-hybridized carbons (Fsp3) is 0.261. The van der Waals surface area contributed by atoms with Crippen LogP contribution < -0.4 is 9.47 Å². The van der Waals surface area contributed by atoms with E-state index in [0.717, 1.165) is 21.6 Å². The fourth-order valence-corrected chi connectivity index (χ4v) is 4.83. The van der Waals surface area contributed by atoms with Crippen LogP contribution in [0.1, 0.15) is 27.6 Å². The molecule has 1 aromatic heterocycles. The van der Waals surface area contributed by atoms with Gasteiger partial charge in [0.15, 0.2) is 11.5 Å².